The maximum absolute atomic E-state index is 11.9. The molecule has 0 unspecified atom stereocenters. The minimum Gasteiger partial charge on any atom is -0.346 e. The summed E-state index contributed by atoms with van der Waals surface area (Å²) in [6.45, 7) is 2.56. The van der Waals surface area contributed by atoms with E-state index in [1.165, 1.54) is 0 Å². The van der Waals surface area contributed by atoms with Crippen LogP contribution in [0.4, 0.5) is 11.5 Å². The molecule has 0 amide bonds. The van der Waals surface area contributed by atoms with Crippen molar-refractivity contribution in [3.8, 4) is 0 Å². The summed E-state index contributed by atoms with van der Waals surface area (Å²) in [5.74, 6) is 0.835. The fourth-order valence-electron chi connectivity index (χ4n) is 4.42. The van der Waals surface area contributed by atoms with Gasteiger partial charge in [0.1, 0.15) is 17.8 Å². The number of fused-ring (bicyclic) bond motifs is 3. The number of anilines is 2. The lowest BCUT2D eigenvalue weighted by Gasteiger charge is -2.35. The zero-order valence-electron chi connectivity index (χ0n) is 14.6. The van der Waals surface area contributed by atoms with E-state index in [2.05, 4.69) is 25.2 Å². The van der Waals surface area contributed by atoms with Crippen molar-refractivity contribution < 1.29 is 8.42 Å². The Morgan fingerprint density at radius 2 is 1.96 bits per heavy atom. The first-order chi connectivity index (χ1) is 13.0. The average molecular weight is 384 g/mol. The Morgan fingerprint density at radius 3 is 2.74 bits per heavy atom. The van der Waals surface area contributed by atoms with E-state index in [4.69, 9.17) is 5.14 Å². The van der Waals surface area contributed by atoms with Gasteiger partial charge in [-0.15, -0.1) is 0 Å². The van der Waals surface area contributed by atoms with Crippen molar-refractivity contribution in [2.45, 2.75) is 23.2 Å². The summed E-state index contributed by atoms with van der Waals surface area (Å²) in [6.07, 6.45) is 5.28. The maximum atomic E-state index is 11.9. The van der Waals surface area contributed by atoms with Crippen LogP contribution in [-0.4, -0.2) is 43.0 Å². The van der Waals surface area contributed by atoms with Gasteiger partial charge in [-0.1, -0.05) is 0 Å². The number of rotatable bonds is 2. The van der Waals surface area contributed by atoms with Gasteiger partial charge in [0.05, 0.1) is 10.3 Å². The van der Waals surface area contributed by atoms with Crippen molar-refractivity contribution in [3.63, 3.8) is 0 Å². The number of nitrogens with zero attached hydrogens (tertiary/aromatic N) is 3. The SMILES string of the molecule is NS(=O)(=O)c1ccc2c(c1)C1(CCNCC1)CN2c1ncnc2[nH]ccc12. The number of aromatic amines is 1. The van der Waals surface area contributed by atoms with E-state index < -0.39 is 10.0 Å². The van der Waals surface area contributed by atoms with Gasteiger partial charge >= 0.3 is 0 Å². The summed E-state index contributed by atoms with van der Waals surface area (Å²) in [6, 6.07) is 7.16. The highest BCUT2D eigenvalue weighted by atomic mass is 32.2. The van der Waals surface area contributed by atoms with E-state index in [9.17, 15) is 8.42 Å². The number of sulfonamides is 1. The van der Waals surface area contributed by atoms with Gasteiger partial charge in [0.15, 0.2) is 0 Å². The second-order valence-corrected chi connectivity index (χ2v) is 8.84. The first kappa shape index (κ1) is 16.7. The lowest BCUT2D eigenvalue weighted by molar-refractivity contribution is 0.329. The van der Waals surface area contributed by atoms with E-state index in [1.54, 1.807) is 18.5 Å². The molecule has 4 heterocycles. The molecule has 0 atom stereocenters. The molecule has 4 N–H and O–H groups in total. The first-order valence-corrected chi connectivity index (χ1v) is 10.5. The normalized spacial score (nSPS) is 18.9. The van der Waals surface area contributed by atoms with Gasteiger partial charge in [0, 0.05) is 23.8 Å². The number of H-pyrrole nitrogens is 1. The van der Waals surface area contributed by atoms with Gasteiger partial charge in [-0.2, -0.15) is 0 Å². The molecule has 0 radical (unpaired) electrons. The monoisotopic (exact) mass is 384 g/mol. The number of hydrogen-bond acceptors (Lipinski definition) is 6. The third-order valence-corrected chi connectivity index (χ3v) is 6.68. The molecule has 1 aromatic carbocycles. The molecule has 0 aliphatic carbocycles. The number of nitrogens with one attached hydrogen (secondary N) is 2. The lowest BCUT2D eigenvalue weighted by atomic mass is 9.75. The highest BCUT2D eigenvalue weighted by Crippen LogP contribution is 2.49. The van der Waals surface area contributed by atoms with Crippen molar-refractivity contribution in [2.75, 3.05) is 24.5 Å². The smallest absolute Gasteiger partial charge is 0.238 e. The predicted octanol–water partition coefficient (Wildman–Crippen LogP) is 1.38. The molecule has 9 heteroatoms. The maximum Gasteiger partial charge on any atom is 0.238 e. The van der Waals surface area contributed by atoms with Crippen LogP contribution in [0.1, 0.15) is 18.4 Å². The summed E-state index contributed by atoms with van der Waals surface area (Å²) in [5, 5.41) is 9.75. The first-order valence-electron chi connectivity index (χ1n) is 8.92. The largest absolute Gasteiger partial charge is 0.346 e. The zero-order valence-corrected chi connectivity index (χ0v) is 15.5. The van der Waals surface area contributed by atoms with Crippen LogP contribution in [0.2, 0.25) is 0 Å². The van der Waals surface area contributed by atoms with Crippen molar-refractivity contribution in [1.29, 1.82) is 0 Å². The van der Waals surface area contributed by atoms with Gasteiger partial charge in [-0.3, -0.25) is 0 Å². The van der Waals surface area contributed by atoms with Gasteiger partial charge in [-0.25, -0.2) is 23.5 Å². The summed E-state index contributed by atoms with van der Waals surface area (Å²) >= 11 is 0. The van der Waals surface area contributed by atoms with E-state index >= 15 is 0 Å². The van der Waals surface area contributed by atoms with Crippen LogP contribution in [0.5, 0.6) is 0 Å². The Kier molecular flexibility index (Phi) is 3.55. The molecular weight excluding hydrogens is 364 g/mol. The molecule has 1 saturated heterocycles. The summed E-state index contributed by atoms with van der Waals surface area (Å²) in [5.41, 5.74) is 2.70. The molecule has 2 aliphatic heterocycles. The van der Waals surface area contributed by atoms with Gasteiger partial charge < -0.3 is 15.2 Å². The quantitative estimate of drug-likeness (QED) is 0.614. The van der Waals surface area contributed by atoms with E-state index in [-0.39, 0.29) is 10.3 Å². The molecule has 3 aromatic rings. The van der Waals surface area contributed by atoms with Crippen molar-refractivity contribution in [2.24, 2.45) is 5.14 Å². The van der Waals surface area contributed by atoms with E-state index in [0.29, 0.717) is 0 Å². The van der Waals surface area contributed by atoms with E-state index in [1.807, 2.05) is 18.3 Å². The number of primary sulfonamides is 1. The highest BCUT2D eigenvalue weighted by molar-refractivity contribution is 7.89. The summed E-state index contributed by atoms with van der Waals surface area (Å²) in [4.78, 5) is 14.3. The topological polar surface area (TPSA) is 117 Å². The second kappa shape index (κ2) is 5.75. The lowest BCUT2D eigenvalue weighted by Crippen LogP contribution is -2.42. The fourth-order valence-corrected chi connectivity index (χ4v) is 4.96. The van der Waals surface area contributed by atoms with Crippen molar-refractivity contribution in [3.05, 3.63) is 42.4 Å². The third-order valence-electron chi connectivity index (χ3n) is 5.77. The number of piperidine rings is 1. The summed E-state index contributed by atoms with van der Waals surface area (Å²) in [7, 11) is -3.75. The molecule has 8 nitrogen and oxygen atoms in total. The van der Waals surface area contributed by atoms with Crippen molar-refractivity contribution >= 4 is 32.6 Å². The Balaban J connectivity index is 1.72. The number of nitrogens with two attached hydrogens (primary N) is 1. The molecule has 1 fully saturated rings. The molecule has 0 bridgehead atoms. The van der Waals surface area contributed by atoms with Crippen LogP contribution in [-0.2, 0) is 15.4 Å². The molecular formula is C18H20N6O2S. The zero-order chi connectivity index (χ0) is 18.6. The Hall–Kier alpha value is -2.49. The number of aromatic nitrogens is 3. The molecule has 2 aliphatic rings. The van der Waals surface area contributed by atoms with Crippen molar-refractivity contribution in [1.82, 2.24) is 20.3 Å². The van der Waals surface area contributed by atoms with Gasteiger partial charge in [0.2, 0.25) is 10.0 Å². The molecule has 0 saturated carbocycles. The minimum atomic E-state index is -3.75. The van der Waals surface area contributed by atoms with Crippen LogP contribution >= 0.6 is 0 Å². The molecule has 140 valence electrons. The average Bonchev–Trinajstić information content (AvgIpc) is 3.25. The fraction of sp³-hybridized carbons (Fsp3) is 0.333. The molecule has 27 heavy (non-hydrogen) atoms. The predicted molar refractivity (Wildman–Crippen MR) is 102 cm³/mol. The van der Waals surface area contributed by atoms with Gasteiger partial charge in [-0.05, 0) is 55.8 Å². The van der Waals surface area contributed by atoms with Gasteiger partial charge in [0.25, 0.3) is 0 Å². The minimum absolute atomic E-state index is 0.116. The second-order valence-electron chi connectivity index (χ2n) is 7.28. The molecule has 2 aromatic heterocycles. The summed E-state index contributed by atoms with van der Waals surface area (Å²) < 4.78 is 23.8. The molecule has 1 spiro atoms. The Bertz CT molecular complexity index is 1130. The Morgan fingerprint density at radius 1 is 1.15 bits per heavy atom. The molecule has 5 rings (SSSR count). The third kappa shape index (κ3) is 2.53. The van der Waals surface area contributed by atoms with Crippen LogP contribution in [0.15, 0.2) is 41.7 Å². The van der Waals surface area contributed by atoms with Crippen LogP contribution < -0.4 is 15.4 Å². The highest BCUT2D eigenvalue weighted by Gasteiger charge is 2.45. The van der Waals surface area contributed by atoms with Crippen LogP contribution in [0, 0.1) is 0 Å². The van der Waals surface area contributed by atoms with Crippen LogP contribution in [0.3, 0.4) is 0 Å². The number of hydrogen-bond donors (Lipinski definition) is 3. The van der Waals surface area contributed by atoms with Crippen LogP contribution in [0.25, 0.3) is 11.0 Å². The van der Waals surface area contributed by atoms with E-state index in [0.717, 1.165) is 60.6 Å². The number of benzene rings is 1. The Labute approximate surface area is 156 Å². The standard InChI is InChI=1S/C18H20N6O2S/c19-27(25,26)12-1-2-15-14(9-12)18(4-7-20-8-5-18)10-24(15)17-13-3-6-21-16(13)22-11-23-17/h1-3,6,9,11,20H,4-5,7-8,10H2,(H2,19,25,26)(H,21,22,23).